The zero-order valence-electron chi connectivity index (χ0n) is 13.8. The SMILES string of the molecule is C[C@@H]1CN(Cc2ccc(CO)cc2)C[C@H]1C(=O)N1CCOCC1. The summed E-state index contributed by atoms with van der Waals surface area (Å²) in [7, 11) is 0. The Morgan fingerprint density at radius 1 is 1.17 bits per heavy atom. The number of rotatable bonds is 4. The van der Waals surface area contributed by atoms with Crippen LogP contribution in [0.25, 0.3) is 0 Å². The predicted octanol–water partition coefficient (Wildman–Crippen LogP) is 1.11. The van der Waals surface area contributed by atoms with Crippen LogP contribution in [0.1, 0.15) is 18.1 Å². The Hall–Kier alpha value is -1.43. The van der Waals surface area contributed by atoms with Gasteiger partial charge in [-0.2, -0.15) is 0 Å². The van der Waals surface area contributed by atoms with Crippen LogP contribution in [-0.2, 0) is 22.7 Å². The topological polar surface area (TPSA) is 53.0 Å². The lowest BCUT2D eigenvalue weighted by atomic mass is 9.96. The molecule has 5 heteroatoms. The molecule has 2 atom stereocenters. The van der Waals surface area contributed by atoms with Crippen molar-refractivity contribution in [3.63, 3.8) is 0 Å². The maximum Gasteiger partial charge on any atom is 0.227 e. The van der Waals surface area contributed by atoms with Crippen LogP contribution >= 0.6 is 0 Å². The number of hydrogen-bond donors (Lipinski definition) is 1. The van der Waals surface area contributed by atoms with Crippen LogP contribution in [0.5, 0.6) is 0 Å². The van der Waals surface area contributed by atoms with Crippen LogP contribution in [0.3, 0.4) is 0 Å². The second kappa shape index (κ2) is 7.43. The third kappa shape index (κ3) is 3.91. The molecule has 2 heterocycles. The standard InChI is InChI=1S/C18H26N2O3/c1-14-10-19(11-15-2-4-16(13-21)5-3-15)12-17(14)18(22)20-6-8-23-9-7-20/h2-5,14,17,21H,6-13H2,1H3/t14-,17-/m1/s1. The molecule has 1 aromatic carbocycles. The van der Waals surface area contributed by atoms with E-state index >= 15 is 0 Å². The zero-order chi connectivity index (χ0) is 16.2. The molecule has 0 aromatic heterocycles. The van der Waals surface area contributed by atoms with E-state index < -0.39 is 0 Å². The van der Waals surface area contributed by atoms with Crippen LogP contribution in [-0.4, -0.2) is 60.2 Å². The van der Waals surface area contributed by atoms with E-state index in [4.69, 9.17) is 9.84 Å². The van der Waals surface area contributed by atoms with E-state index in [9.17, 15) is 4.79 Å². The molecule has 3 rings (SSSR count). The van der Waals surface area contributed by atoms with Crippen molar-refractivity contribution >= 4 is 5.91 Å². The Bertz CT molecular complexity index is 526. The molecule has 5 nitrogen and oxygen atoms in total. The highest BCUT2D eigenvalue weighted by Crippen LogP contribution is 2.26. The molecule has 1 N–H and O–H groups in total. The van der Waals surface area contributed by atoms with Gasteiger partial charge in [-0.15, -0.1) is 0 Å². The first kappa shape index (κ1) is 16.4. The summed E-state index contributed by atoms with van der Waals surface area (Å²) >= 11 is 0. The molecule has 126 valence electrons. The van der Waals surface area contributed by atoms with Gasteiger partial charge in [-0.05, 0) is 17.0 Å². The number of benzene rings is 1. The number of likely N-dealkylation sites (tertiary alicyclic amines) is 1. The van der Waals surface area contributed by atoms with Gasteiger partial charge in [0.2, 0.25) is 5.91 Å². The largest absolute Gasteiger partial charge is 0.392 e. The van der Waals surface area contributed by atoms with Gasteiger partial charge in [0.05, 0.1) is 25.7 Å². The van der Waals surface area contributed by atoms with Crippen molar-refractivity contribution in [2.75, 3.05) is 39.4 Å². The van der Waals surface area contributed by atoms with Gasteiger partial charge in [-0.25, -0.2) is 0 Å². The minimum Gasteiger partial charge on any atom is -0.392 e. The molecule has 0 spiro atoms. The van der Waals surface area contributed by atoms with Gasteiger partial charge >= 0.3 is 0 Å². The van der Waals surface area contributed by atoms with Crippen LogP contribution in [0, 0.1) is 11.8 Å². The average Bonchev–Trinajstić information content (AvgIpc) is 2.96. The Kier molecular flexibility index (Phi) is 5.30. The van der Waals surface area contributed by atoms with Crippen LogP contribution in [0.15, 0.2) is 24.3 Å². The van der Waals surface area contributed by atoms with Crippen molar-refractivity contribution in [3.8, 4) is 0 Å². The van der Waals surface area contributed by atoms with E-state index in [2.05, 4.69) is 24.0 Å². The third-order valence-electron chi connectivity index (χ3n) is 4.94. The fourth-order valence-electron chi connectivity index (χ4n) is 3.54. The van der Waals surface area contributed by atoms with E-state index in [-0.39, 0.29) is 12.5 Å². The first-order valence-electron chi connectivity index (χ1n) is 8.45. The molecular weight excluding hydrogens is 292 g/mol. The molecule has 2 aliphatic rings. The zero-order valence-corrected chi connectivity index (χ0v) is 13.8. The van der Waals surface area contributed by atoms with Crippen molar-refractivity contribution in [1.29, 1.82) is 0 Å². The highest BCUT2D eigenvalue weighted by atomic mass is 16.5. The molecule has 2 aliphatic heterocycles. The maximum atomic E-state index is 12.7. The number of morpholine rings is 1. The normalized spacial score (nSPS) is 25.7. The second-order valence-electron chi connectivity index (χ2n) is 6.69. The van der Waals surface area contributed by atoms with Crippen LogP contribution < -0.4 is 0 Å². The maximum absolute atomic E-state index is 12.7. The molecule has 0 bridgehead atoms. The number of ether oxygens (including phenoxy) is 1. The molecule has 1 aromatic rings. The monoisotopic (exact) mass is 318 g/mol. The lowest BCUT2D eigenvalue weighted by Gasteiger charge is -2.30. The fourth-order valence-corrected chi connectivity index (χ4v) is 3.54. The highest BCUT2D eigenvalue weighted by molar-refractivity contribution is 5.79. The van der Waals surface area contributed by atoms with Gasteiger partial charge in [0.15, 0.2) is 0 Å². The average molecular weight is 318 g/mol. The van der Waals surface area contributed by atoms with E-state index in [1.807, 2.05) is 17.0 Å². The third-order valence-corrected chi connectivity index (χ3v) is 4.94. The van der Waals surface area contributed by atoms with Crippen LogP contribution in [0.2, 0.25) is 0 Å². The molecule has 2 fully saturated rings. The lowest BCUT2D eigenvalue weighted by Crippen LogP contribution is -2.45. The number of nitrogens with zero attached hydrogens (tertiary/aromatic N) is 2. The number of aliphatic hydroxyl groups is 1. The molecule has 2 saturated heterocycles. The molecule has 0 saturated carbocycles. The van der Waals surface area contributed by atoms with Crippen molar-refractivity contribution < 1.29 is 14.6 Å². The first-order valence-corrected chi connectivity index (χ1v) is 8.45. The minimum atomic E-state index is 0.0805. The summed E-state index contributed by atoms with van der Waals surface area (Å²) in [5.41, 5.74) is 2.16. The Labute approximate surface area is 137 Å². The first-order chi connectivity index (χ1) is 11.2. The number of hydrogen-bond acceptors (Lipinski definition) is 4. The molecule has 0 aliphatic carbocycles. The molecule has 23 heavy (non-hydrogen) atoms. The van der Waals surface area contributed by atoms with Gasteiger partial charge < -0.3 is 14.7 Å². The Balaban J connectivity index is 1.57. The number of amides is 1. The Morgan fingerprint density at radius 2 is 1.83 bits per heavy atom. The number of carbonyl (C=O) groups excluding carboxylic acids is 1. The van der Waals surface area contributed by atoms with E-state index in [1.165, 1.54) is 5.56 Å². The summed E-state index contributed by atoms with van der Waals surface area (Å²) in [4.78, 5) is 17.0. The highest BCUT2D eigenvalue weighted by Gasteiger charge is 2.37. The summed E-state index contributed by atoms with van der Waals surface area (Å²) in [6.07, 6.45) is 0. The summed E-state index contributed by atoms with van der Waals surface area (Å²) in [6.45, 7) is 7.69. The lowest BCUT2D eigenvalue weighted by molar-refractivity contribution is -0.140. The number of aliphatic hydroxyl groups excluding tert-OH is 1. The van der Waals surface area contributed by atoms with Crippen molar-refractivity contribution in [2.45, 2.75) is 20.1 Å². The van der Waals surface area contributed by atoms with E-state index in [0.29, 0.717) is 25.0 Å². The quantitative estimate of drug-likeness (QED) is 0.903. The van der Waals surface area contributed by atoms with Crippen molar-refractivity contribution in [2.24, 2.45) is 11.8 Å². The summed E-state index contributed by atoms with van der Waals surface area (Å²) in [5.74, 6) is 0.783. The molecular formula is C18H26N2O3. The predicted molar refractivity (Wildman–Crippen MR) is 87.7 cm³/mol. The molecule has 0 unspecified atom stereocenters. The van der Waals surface area contributed by atoms with Gasteiger partial charge in [0, 0.05) is 32.7 Å². The van der Waals surface area contributed by atoms with Gasteiger partial charge in [-0.1, -0.05) is 31.2 Å². The molecule has 0 radical (unpaired) electrons. The van der Waals surface area contributed by atoms with Crippen molar-refractivity contribution in [3.05, 3.63) is 35.4 Å². The fraction of sp³-hybridized carbons (Fsp3) is 0.611. The van der Waals surface area contributed by atoms with Gasteiger partial charge in [-0.3, -0.25) is 9.69 Å². The Morgan fingerprint density at radius 3 is 2.48 bits per heavy atom. The van der Waals surface area contributed by atoms with Crippen LogP contribution in [0.4, 0.5) is 0 Å². The second-order valence-corrected chi connectivity index (χ2v) is 6.69. The molecule has 1 amide bonds. The summed E-state index contributed by atoms with van der Waals surface area (Å²) < 4.78 is 5.34. The van der Waals surface area contributed by atoms with Gasteiger partial charge in [0.25, 0.3) is 0 Å². The summed E-state index contributed by atoms with van der Waals surface area (Å²) in [5, 5.41) is 9.11. The van der Waals surface area contributed by atoms with E-state index in [0.717, 1.165) is 38.3 Å². The smallest absolute Gasteiger partial charge is 0.227 e. The minimum absolute atomic E-state index is 0.0805. The summed E-state index contributed by atoms with van der Waals surface area (Å²) in [6, 6.07) is 8.05. The number of carbonyl (C=O) groups is 1. The van der Waals surface area contributed by atoms with Gasteiger partial charge in [0.1, 0.15) is 0 Å². The van der Waals surface area contributed by atoms with Crippen molar-refractivity contribution in [1.82, 2.24) is 9.80 Å². The van der Waals surface area contributed by atoms with E-state index in [1.54, 1.807) is 0 Å².